The lowest BCUT2D eigenvalue weighted by Crippen LogP contribution is -2.45. The molecular formula is C19H27N3O2. The Morgan fingerprint density at radius 2 is 1.88 bits per heavy atom. The largest absolute Gasteiger partial charge is 0.355 e. The van der Waals surface area contributed by atoms with Crippen LogP contribution in [0.3, 0.4) is 0 Å². The van der Waals surface area contributed by atoms with Crippen LogP contribution < -0.4 is 5.32 Å². The standard InChI is InChI=1S/C19H27N3O2/c1-15-7-10-21(11-8-15)19(24)14-22-12-9-20-18(23)13-17(22)16-5-3-2-4-6-16/h2-6,15,17H,7-14H2,1H3,(H,20,23). The number of likely N-dealkylation sites (tertiary alicyclic amines) is 1. The van der Waals surface area contributed by atoms with E-state index in [4.69, 9.17) is 0 Å². The smallest absolute Gasteiger partial charge is 0.236 e. The van der Waals surface area contributed by atoms with Crippen LogP contribution in [-0.4, -0.2) is 54.3 Å². The molecule has 5 heteroatoms. The third-order valence-electron chi connectivity index (χ3n) is 5.20. The molecule has 0 aromatic heterocycles. The lowest BCUT2D eigenvalue weighted by molar-refractivity contribution is -0.134. The Morgan fingerprint density at radius 1 is 1.17 bits per heavy atom. The van der Waals surface area contributed by atoms with Gasteiger partial charge < -0.3 is 10.2 Å². The number of carbonyl (C=O) groups is 2. The highest BCUT2D eigenvalue weighted by Crippen LogP contribution is 2.26. The van der Waals surface area contributed by atoms with Crippen molar-refractivity contribution in [3.63, 3.8) is 0 Å². The van der Waals surface area contributed by atoms with Crippen molar-refractivity contribution in [1.82, 2.24) is 15.1 Å². The number of benzene rings is 1. The van der Waals surface area contributed by atoms with Gasteiger partial charge in [-0.15, -0.1) is 0 Å². The first-order valence-corrected chi connectivity index (χ1v) is 8.97. The maximum atomic E-state index is 12.7. The third kappa shape index (κ3) is 4.15. The summed E-state index contributed by atoms with van der Waals surface area (Å²) in [6, 6.07) is 10.0. The molecule has 5 nitrogen and oxygen atoms in total. The van der Waals surface area contributed by atoms with E-state index in [-0.39, 0.29) is 17.9 Å². The summed E-state index contributed by atoms with van der Waals surface area (Å²) in [5.74, 6) is 0.967. The Bertz CT molecular complexity index is 567. The SMILES string of the molecule is CC1CCN(C(=O)CN2CCNC(=O)CC2c2ccccc2)CC1. The summed E-state index contributed by atoms with van der Waals surface area (Å²) >= 11 is 0. The minimum absolute atomic E-state index is 0.0265. The number of hydrogen-bond acceptors (Lipinski definition) is 3. The van der Waals surface area contributed by atoms with Crippen LogP contribution in [-0.2, 0) is 9.59 Å². The molecular weight excluding hydrogens is 302 g/mol. The van der Waals surface area contributed by atoms with Gasteiger partial charge in [0, 0.05) is 38.6 Å². The summed E-state index contributed by atoms with van der Waals surface area (Å²) in [6.07, 6.45) is 2.59. The first kappa shape index (κ1) is 17.0. The van der Waals surface area contributed by atoms with E-state index in [1.807, 2.05) is 35.2 Å². The number of rotatable bonds is 3. The van der Waals surface area contributed by atoms with E-state index in [2.05, 4.69) is 17.1 Å². The van der Waals surface area contributed by atoms with Gasteiger partial charge in [0.1, 0.15) is 0 Å². The molecule has 1 unspecified atom stereocenters. The fourth-order valence-electron chi connectivity index (χ4n) is 3.60. The van der Waals surface area contributed by atoms with Gasteiger partial charge in [-0.3, -0.25) is 14.5 Å². The zero-order valence-corrected chi connectivity index (χ0v) is 14.4. The van der Waals surface area contributed by atoms with Gasteiger partial charge in [-0.05, 0) is 24.3 Å². The normalized spacial score (nSPS) is 23.6. The molecule has 0 bridgehead atoms. The second-order valence-electron chi connectivity index (χ2n) is 7.01. The van der Waals surface area contributed by atoms with Crippen molar-refractivity contribution in [1.29, 1.82) is 0 Å². The molecule has 1 N–H and O–H groups in total. The zero-order chi connectivity index (χ0) is 16.9. The summed E-state index contributed by atoms with van der Waals surface area (Å²) in [5, 5.41) is 2.93. The molecule has 0 spiro atoms. The van der Waals surface area contributed by atoms with Crippen LogP contribution in [0, 0.1) is 5.92 Å². The van der Waals surface area contributed by atoms with E-state index >= 15 is 0 Å². The van der Waals surface area contributed by atoms with Crippen LogP contribution in [0.1, 0.15) is 37.8 Å². The molecule has 1 aromatic carbocycles. The molecule has 0 saturated carbocycles. The quantitative estimate of drug-likeness (QED) is 0.920. The molecule has 2 heterocycles. The molecule has 2 fully saturated rings. The van der Waals surface area contributed by atoms with Crippen LogP contribution in [0.25, 0.3) is 0 Å². The molecule has 2 aliphatic heterocycles. The van der Waals surface area contributed by atoms with Gasteiger partial charge in [0.2, 0.25) is 11.8 Å². The van der Waals surface area contributed by atoms with Crippen molar-refractivity contribution < 1.29 is 9.59 Å². The zero-order valence-electron chi connectivity index (χ0n) is 14.4. The number of amides is 2. The van der Waals surface area contributed by atoms with Crippen LogP contribution in [0.2, 0.25) is 0 Å². The predicted octanol–water partition coefficient (Wildman–Crippen LogP) is 1.81. The van der Waals surface area contributed by atoms with Crippen molar-refractivity contribution in [3.05, 3.63) is 35.9 Å². The van der Waals surface area contributed by atoms with Crippen molar-refractivity contribution in [3.8, 4) is 0 Å². The Kier molecular flexibility index (Phi) is 5.51. The van der Waals surface area contributed by atoms with E-state index in [1.54, 1.807) is 0 Å². The van der Waals surface area contributed by atoms with E-state index < -0.39 is 0 Å². The highest BCUT2D eigenvalue weighted by atomic mass is 16.2. The Hall–Kier alpha value is -1.88. The lowest BCUT2D eigenvalue weighted by Gasteiger charge is -2.34. The Morgan fingerprint density at radius 3 is 2.58 bits per heavy atom. The fraction of sp³-hybridized carbons (Fsp3) is 0.579. The van der Waals surface area contributed by atoms with Crippen molar-refractivity contribution in [2.45, 2.75) is 32.2 Å². The molecule has 1 atom stereocenters. The highest BCUT2D eigenvalue weighted by Gasteiger charge is 2.29. The fourth-order valence-corrected chi connectivity index (χ4v) is 3.60. The second kappa shape index (κ2) is 7.79. The van der Waals surface area contributed by atoms with Crippen molar-refractivity contribution in [2.24, 2.45) is 5.92 Å². The van der Waals surface area contributed by atoms with Crippen LogP contribution in [0.4, 0.5) is 0 Å². The molecule has 130 valence electrons. The third-order valence-corrected chi connectivity index (χ3v) is 5.20. The number of hydrogen-bond donors (Lipinski definition) is 1. The summed E-state index contributed by atoms with van der Waals surface area (Å²) < 4.78 is 0. The molecule has 2 saturated heterocycles. The lowest BCUT2D eigenvalue weighted by atomic mass is 9.99. The average molecular weight is 329 g/mol. The van der Waals surface area contributed by atoms with Crippen LogP contribution in [0.15, 0.2) is 30.3 Å². The van der Waals surface area contributed by atoms with Gasteiger partial charge in [-0.1, -0.05) is 37.3 Å². The second-order valence-corrected chi connectivity index (χ2v) is 7.01. The summed E-state index contributed by atoms with van der Waals surface area (Å²) in [7, 11) is 0. The van der Waals surface area contributed by atoms with Gasteiger partial charge in [0.15, 0.2) is 0 Å². The first-order valence-electron chi connectivity index (χ1n) is 8.97. The molecule has 2 amide bonds. The summed E-state index contributed by atoms with van der Waals surface area (Å²) in [5.41, 5.74) is 1.11. The number of nitrogens with one attached hydrogen (secondary N) is 1. The van der Waals surface area contributed by atoms with Crippen molar-refractivity contribution >= 4 is 11.8 Å². The van der Waals surface area contributed by atoms with Gasteiger partial charge in [-0.25, -0.2) is 0 Å². The minimum Gasteiger partial charge on any atom is -0.355 e. The highest BCUT2D eigenvalue weighted by molar-refractivity contribution is 5.79. The van der Waals surface area contributed by atoms with Crippen LogP contribution >= 0.6 is 0 Å². The van der Waals surface area contributed by atoms with Crippen molar-refractivity contribution in [2.75, 3.05) is 32.7 Å². The number of nitrogens with zero attached hydrogens (tertiary/aromatic N) is 2. The molecule has 0 aliphatic carbocycles. The maximum Gasteiger partial charge on any atom is 0.236 e. The topological polar surface area (TPSA) is 52.7 Å². The molecule has 0 radical (unpaired) electrons. The number of carbonyl (C=O) groups excluding carboxylic acids is 2. The van der Waals surface area contributed by atoms with E-state index in [0.717, 1.165) is 31.5 Å². The predicted molar refractivity (Wildman–Crippen MR) is 93.4 cm³/mol. The van der Waals surface area contributed by atoms with Gasteiger partial charge in [-0.2, -0.15) is 0 Å². The Labute approximate surface area is 144 Å². The van der Waals surface area contributed by atoms with Gasteiger partial charge in [0.05, 0.1) is 6.54 Å². The van der Waals surface area contributed by atoms with Gasteiger partial charge >= 0.3 is 0 Å². The van der Waals surface area contributed by atoms with E-state index in [1.165, 1.54) is 0 Å². The molecule has 1 aromatic rings. The summed E-state index contributed by atoms with van der Waals surface area (Å²) in [6.45, 7) is 5.68. The van der Waals surface area contributed by atoms with E-state index in [0.29, 0.717) is 32.0 Å². The average Bonchev–Trinajstić information content (AvgIpc) is 2.78. The van der Waals surface area contributed by atoms with E-state index in [9.17, 15) is 9.59 Å². The van der Waals surface area contributed by atoms with Crippen LogP contribution in [0.5, 0.6) is 0 Å². The number of piperidine rings is 1. The first-order chi connectivity index (χ1) is 11.6. The maximum absolute atomic E-state index is 12.7. The Balaban J connectivity index is 1.71. The molecule has 3 rings (SSSR count). The monoisotopic (exact) mass is 329 g/mol. The summed E-state index contributed by atoms with van der Waals surface area (Å²) in [4.78, 5) is 28.9. The molecule has 2 aliphatic rings. The minimum atomic E-state index is -0.0265. The molecule has 24 heavy (non-hydrogen) atoms. The van der Waals surface area contributed by atoms with Gasteiger partial charge in [0.25, 0.3) is 0 Å².